The van der Waals surface area contributed by atoms with Gasteiger partial charge in [0.15, 0.2) is 0 Å². The van der Waals surface area contributed by atoms with Crippen molar-refractivity contribution in [2.24, 2.45) is 11.8 Å². The summed E-state index contributed by atoms with van der Waals surface area (Å²) in [5.74, 6) is -2.49. The van der Waals surface area contributed by atoms with Gasteiger partial charge in [-0.3, -0.25) is 24.6 Å². The monoisotopic (exact) mass is 469 g/mol. The zero-order chi connectivity index (χ0) is 23.7. The number of fused-ring (bicyclic) bond motifs is 4. The van der Waals surface area contributed by atoms with Crippen LogP contribution in [0.15, 0.2) is 36.4 Å². The van der Waals surface area contributed by atoms with Gasteiger partial charge in [0.05, 0.1) is 31.6 Å². The fraction of sp³-hybridized carbons (Fsp3) is 0.375. The highest BCUT2D eigenvalue weighted by Crippen LogP contribution is 2.54. The van der Waals surface area contributed by atoms with E-state index < -0.39 is 47.2 Å². The quantitative estimate of drug-likeness (QED) is 0.591. The van der Waals surface area contributed by atoms with Crippen LogP contribution in [0.2, 0.25) is 5.02 Å². The average Bonchev–Trinajstić information content (AvgIpc) is 3.36. The molecule has 2 fully saturated rings. The van der Waals surface area contributed by atoms with Crippen LogP contribution in [-0.4, -0.2) is 47.0 Å². The number of methoxy groups -OCH3 is 1. The Labute approximate surface area is 195 Å². The number of carbonyl (C=O) groups is 3. The number of likely N-dealkylation sites (tertiary alicyclic amines) is 1. The van der Waals surface area contributed by atoms with E-state index >= 15 is 0 Å². The van der Waals surface area contributed by atoms with Crippen LogP contribution in [0.25, 0.3) is 0 Å². The second-order valence-corrected chi connectivity index (χ2v) is 9.37. The number of anilines is 1. The molecule has 5 rings (SSSR count). The van der Waals surface area contributed by atoms with Crippen molar-refractivity contribution < 1.29 is 24.2 Å². The van der Waals surface area contributed by atoms with E-state index in [1.807, 2.05) is 6.92 Å². The highest BCUT2D eigenvalue weighted by molar-refractivity contribution is 6.31. The molecule has 3 heterocycles. The molecule has 8 nitrogen and oxygen atoms in total. The van der Waals surface area contributed by atoms with E-state index in [0.717, 1.165) is 11.1 Å². The van der Waals surface area contributed by atoms with Crippen molar-refractivity contribution in [2.75, 3.05) is 12.4 Å². The van der Waals surface area contributed by atoms with Crippen molar-refractivity contribution in [3.05, 3.63) is 58.1 Å². The minimum absolute atomic E-state index is 0.0698. The van der Waals surface area contributed by atoms with E-state index in [2.05, 4.69) is 10.6 Å². The van der Waals surface area contributed by atoms with Gasteiger partial charge in [-0.05, 0) is 49.2 Å². The molecule has 1 spiro atoms. The van der Waals surface area contributed by atoms with Gasteiger partial charge in [0.2, 0.25) is 17.7 Å². The number of ether oxygens (including phenoxy) is 1. The van der Waals surface area contributed by atoms with Crippen molar-refractivity contribution in [2.45, 2.75) is 38.1 Å². The van der Waals surface area contributed by atoms with E-state index in [9.17, 15) is 19.5 Å². The summed E-state index contributed by atoms with van der Waals surface area (Å²) in [7, 11) is 1.56. The zero-order valence-corrected chi connectivity index (χ0v) is 19.1. The molecule has 0 aromatic heterocycles. The number of hydrogen-bond acceptors (Lipinski definition) is 6. The van der Waals surface area contributed by atoms with Crippen molar-refractivity contribution in [1.29, 1.82) is 0 Å². The van der Waals surface area contributed by atoms with Gasteiger partial charge in [0.1, 0.15) is 11.3 Å². The van der Waals surface area contributed by atoms with Crippen LogP contribution in [-0.2, 0) is 26.5 Å². The number of rotatable bonds is 4. The summed E-state index contributed by atoms with van der Waals surface area (Å²) < 4.78 is 5.17. The molecule has 0 bridgehead atoms. The van der Waals surface area contributed by atoms with E-state index in [1.165, 1.54) is 4.90 Å². The molecule has 0 saturated carbocycles. The second-order valence-electron chi connectivity index (χ2n) is 8.93. The van der Waals surface area contributed by atoms with E-state index in [0.29, 0.717) is 22.0 Å². The topological polar surface area (TPSA) is 108 Å². The van der Waals surface area contributed by atoms with Gasteiger partial charge in [0.25, 0.3) is 0 Å². The number of aliphatic hydroxyl groups is 1. The molecule has 5 unspecified atom stereocenters. The van der Waals surface area contributed by atoms with Gasteiger partial charge < -0.3 is 15.2 Å². The van der Waals surface area contributed by atoms with Crippen molar-refractivity contribution in [3.63, 3.8) is 0 Å². The van der Waals surface area contributed by atoms with Gasteiger partial charge in [-0.1, -0.05) is 23.7 Å². The summed E-state index contributed by atoms with van der Waals surface area (Å²) in [6.45, 7) is 3.44. The fourth-order valence-corrected chi connectivity index (χ4v) is 5.78. The maximum Gasteiger partial charge on any atom is 0.250 e. The molecule has 3 amide bonds. The van der Waals surface area contributed by atoms with E-state index in [1.54, 1.807) is 50.4 Å². The Bertz CT molecular complexity index is 1180. The number of benzene rings is 2. The third-order valence-corrected chi connectivity index (χ3v) is 7.25. The smallest absolute Gasteiger partial charge is 0.250 e. The number of halogens is 1. The van der Waals surface area contributed by atoms with Gasteiger partial charge in [0, 0.05) is 22.3 Å². The standard InChI is InChI=1S/C24H24ClN3O5/c1-11-8-14(25)9-16-19(11)26-23(32)24(16)18-17(20(27-24)12(2)29)21(30)28(22(18)31)10-13-4-6-15(33-3)7-5-13/h4-9,12,17-18,20,27,29H,10H2,1-3H3,(H,26,32). The third-order valence-electron chi connectivity index (χ3n) is 7.03. The predicted molar refractivity (Wildman–Crippen MR) is 121 cm³/mol. The largest absolute Gasteiger partial charge is 0.497 e. The number of nitrogens with zero attached hydrogens (tertiary/aromatic N) is 1. The van der Waals surface area contributed by atoms with Crippen LogP contribution in [0, 0.1) is 18.8 Å². The summed E-state index contributed by atoms with van der Waals surface area (Å²) in [5.41, 5.74) is 1.13. The average molecular weight is 470 g/mol. The minimum Gasteiger partial charge on any atom is -0.497 e. The molecule has 3 aliphatic heterocycles. The molecule has 2 aromatic carbocycles. The Hall–Kier alpha value is -2.94. The van der Waals surface area contributed by atoms with Crippen LogP contribution in [0.5, 0.6) is 5.75 Å². The number of imide groups is 1. The number of hydrogen-bond donors (Lipinski definition) is 3. The highest BCUT2D eigenvalue weighted by atomic mass is 35.5. The normalized spacial score (nSPS) is 28.8. The summed E-state index contributed by atoms with van der Waals surface area (Å²) in [5, 5.41) is 17.0. The second kappa shape index (κ2) is 7.55. The molecule has 172 valence electrons. The molecular weight excluding hydrogens is 446 g/mol. The molecule has 2 saturated heterocycles. The summed E-state index contributed by atoms with van der Waals surface area (Å²) >= 11 is 6.32. The number of nitrogens with one attached hydrogen (secondary N) is 2. The molecule has 2 aromatic rings. The lowest BCUT2D eigenvalue weighted by molar-refractivity contribution is -0.143. The van der Waals surface area contributed by atoms with Crippen LogP contribution in [0.4, 0.5) is 5.69 Å². The van der Waals surface area contributed by atoms with Crippen molar-refractivity contribution in [1.82, 2.24) is 10.2 Å². The van der Waals surface area contributed by atoms with Crippen LogP contribution < -0.4 is 15.4 Å². The van der Waals surface area contributed by atoms with E-state index in [4.69, 9.17) is 16.3 Å². The molecular formula is C24H24ClN3O5. The maximum atomic E-state index is 13.7. The predicted octanol–water partition coefficient (Wildman–Crippen LogP) is 1.96. The molecule has 3 aliphatic rings. The summed E-state index contributed by atoms with van der Waals surface area (Å²) in [4.78, 5) is 41.8. The SMILES string of the molecule is COc1ccc(CN2C(=O)C3C(C(C)O)NC4(C(=O)Nc5c(C)cc(Cl)cc54)C3C2=O)cc1. The lowest BCUT2D eigenvalue weighted by Gasteiger charge is -2.30. The highest BCUT2D eigenvalue weighted by Gasteiger charge is 2.71. The first-order valence-corrected chi connectivity index (χ1v) is 11.1. The van der Waals surface area contributed by atoms with Gasteiger partial charge in [-0.2, -0.15) is 0 Å². The molecule has 5 atom stereocenters. The van der Waals surface area contributed by atoms with Gasteiger partial charge >= 0.3 is 0 Å². The van der Waals surface area contributed by atoms with E-state index in [-0.39, 0.29) is 6.54 Å². The number of aliphatic hydroxyl groups excluding tert-OH is 1. The lowest BCUT2D eigenvalue weighted by Crippen LogP contribution is -2.54. The Kier molecular flexibility index (Phi) is 5.00. The summed E-state index contributed by atoms with van der Waals surface area (Å²) in [6, 6.07) is 9.70. The summed E-state index contributed by atoms with van der Waals surface area (Å²) in [6.07, 6.45) is -0.966. The third kappa shape index (κ3) is 3.01. The van der Waals surface area contributed by atoms with Gasteiger partial charge in [-0.15, -0.1) is 0 Å². The first-order chi connectivity index (χ1) is 15.7. The van der Waals surface area contributed by atoms with Crippen molar-refractivity contribution >= 4 is 35.0 Å². The Morgan fingerprint density at radius 3 is 2.52 bits per heavy atom. The van der Waals surface area contributed by atoms with Crippen LogP contribution in [0.3, 0.4) is 0 Å². The molecule has 33 heavy (non-hydrogen) atoms. The fourth-order valence-electron chi connectivity index (χ4n) is 5.51. The van der Waals surface area contributed by atoms with Crippen molar-refractivity contribution in [3.8, 4) is 5.75 Å². The van der Waals surface area contributed by atoms with Crippen LogP contribution >= 0.6 is 11.6 Å². The Balaban J connectivity index is 1.60. The number of aryl methyl sites for hydroxylation is 1. The number of amides is 3. The lowest BCUT2D eigenvalue weighted by atomic mass is 9.76. The Morgan fingerprint density at radius 1 is 1.18 bits per heavy atom. The molecule has 9 heteroatoms. The van der Waals surface area contributed by atoms with Crippen LogP contribution in [0.1, 0.15) is 23.6 Å². The number of carbonyl (C=O) groups excluding carboxylic acids is 3. The molecule has 0 radical (unpaired) electrons. The zero-order valence-electron chi connectivity index (χ0n) is 18.4. The molecule has 0 aliphatic carbocycles. The first kappa shape index (κ1) is 21.9. The minimum atomic E-state index is -1.49. The first-order valence-electron chi connectivity index (χ1n) is 10.7. The maximum absolute atomic E-state index is 13.7. The Morgan fingerprint density at radius 2 is 1.88 bits per heavy atom. The van der Waals surface area contributed by atoms with Gasteiger partial charge in [-0.25, -0.2) is 0 Å². The molecule has 3 N–H and O–H groups in total.